The maximum Gasteiger partial charge on any atom is 0.407 e. The van der Waals surface area contributed by atoms with Gasteiger partial charge in [-0.05, 0) is 76.5 Å². The maximum atomic E-state index is 12.1. The van der Waals surface area contributed by atoms with E-state index in [-0.39, 0.29) is 18.2 Å². The molecule has 1 N–H and O–H groups in total. The number of carbonyl (C=O) groups is 1. The molecular formula is C30H39N3O4. The molecule has 1 saturated carbocycles. The number of allylic oxidation sites excluding steroid dienone is 3. The second-order valence-electron chi connectivity index (χ2n) is 10.2. The standard InChI is InChI=1S/C30H39N3O4/c1-5-8-23(9-6-15-32-30(34)37-21(4)22-11-12-22)29-27(18-31)26-14-13-24(17-28(26)33(29)20(2)3)36-19-25-10-7-16-35-25/h6,8-9,13-14,17,20-22,25H,5,7,10-12,15-16,19H2,1-4H3,(H,32,34)/b9-6-,23-8+/t21-,25-/m1/s1. The van der Waals surface area contributed by atoms with Crippen molar-refractivity contribution in [2.75, 3.05) is 19.8 Å². The van der Waals surface area contributed by atoms with Gasteiger partial charge in [-0.1, -0.05) is 25.2 Å². The zero-order valence-corrected chi connectivity index (χ0v) is 22.5. The summed E-state index contributed by atoms with van der Waals surface area (Å²) in [5.74, 6) is 1.28. The molecule has 2 fully saturated rings. The molecule has 7 nitrogen and oxygen atoms in total. The molecule has 0 bridgehead atoms. The Morgan fingerprint density at radius 2 is 2.11 bits per heavy atom. The van der Waals surface area contributed by atoms with Gasteiger partial charge in [0.25, 0.3) is 0 Å². The summed E-state index contributed by atoms with van der Waals surface area (Å²) in [6, 6.07) is 8.52. The number of carbonyl (C=O) groups excluding carboxylic acids is 1. The van der Waals surface area contributed by atoms with Gasteiger partial charge in [0.05, 0.1) is 22.9 Å². The number of benzene rings is 1. The van der Waals surface area contributed by atoms with Crippen molar-refractivity contribution in [1.29, 1.82) is 5.26 Å². The zero-order chi connectivity index (χ0) is 26.4. The molecule has 2 atom stereocenters. The first-order valence-corrected chi connectivity index (χ1v) is 13.6. The van der Waals surface area contributed by atoms with E-state index >= 15 is 0 Å². The Morgan fingerprint density at radius 3 is 2.76 bits per heavy atom. The number of nitriles is 1. The first-order chi connectivity index (χ1) is 17.9. The van der Waals surface area contributed by atoms with Crippen LogP contribution in [0.5, 0.6) is 5.75 Å². The van der Waals surface area contributed by atoms with E-state index in [0.717, 1.165) is 66.6 Å². The van der Waals surface area contributed by atoms with Gasteiger partial charge in [-0.25, -0.2) is 4.79 Å². The number of alkyl carbamates (subject to hydrolysis) is 1. The third-order valence-corrected chi connectivity index (χ3v) is 7.00. The van der Waals surface area contributed by atoms with Crippen LogP contribution in [-0.2, 0) is 9.47 Å². The lowest BCUT2D eigenvalue weighted by atomic mass is 10.0. The summed E-state index contributed by atoms with van der Waals surface area (Å²) in [4.78, 5) is 12.1. The largest absolute Gasteiger partial charge is 0.491 e. The van der Waals surface area contributed by atoms with Crippen LogP contribution in [0.15, 0.2) is 36.4 Å². The van der Waals surface area contributed by atoms with Crippen molar-refractivity contribution < 1.29 is 19.0 Å². The van der Waals surface area contributed by atoms with Crippen LogP contribution in [0.4, 0.5) is 4.79 Å². The third kappa shape index (κ3) is 6.56. The van der Waals surface area contributed by atoms with Gasteiger partial charge in [-0.3, -0.25) is 0 Å². The number of amides is 1. The Kier molecular flexibility index (Phi) is 8.94. The lowest BCUT2D eigenvalue weighted by Gasteiger charge is -2.17. The molecule has 1 aliphatic carbocycles. The predicted octanol–water partition coefficient (Wildman–Crippen LogP) is 6.53. The number of hydrogen-bond acceptors (Lipinski definition) is 5. The number of rotatable bonds is 11. The van der Waals surface area contributed by atoms with Gasteiger partial charge < -0.3 is 24.1 Å². The highest BCUT2D eigenvalue weighted by atomic mass is 16.6. The number of ether oxygens (including phenoxy) is 3. The second-order valence-corrected chi connectivity index (χ2v) is 10.2. The molecule has 2 aromatic rings. The quantitative estimate of drug-likeness (QED) is 0.351. The molecule has 2 aliphatic rings. The van der Waals surface area contributed by atoms with Crippen molar-refractivity contribution in [3.8, 4) is 11.8 Å². The zero-order valence-electron chi connectivity index (χ0n) is 22.5. The van der Waals surface area contributed by atoms with E-state index in [0.29, 0.717) is 24.6 Å². The van der Waals surface area contributed by atoms with Crippen LogP contribution in [0, 0.1) is 17.2 Å². The smallest absolute Gasteiger partial charge is 0.407 e. The molecule has 7 heteroatoms. The van der Waals surface area contributed by atoms with Crippen molar-refractivity contribution in [2.24, 2.45) is 5.92 Å². The summed E-state index contributed by atoms with van der Waals surface area (Å²) < 4.78 is 19.4. The Bertz CT molecular complexity index is 1190. The summed E-state index contributed by atoms with van der Waals surface area (Å²) in [6.07, 6.45) is 10.9. The number of nitrogens with one attached hydrogen (secondary N) is 1. The SMILES string of the molecule is CC/C=C(\C=C/CNC(=O)O[C@H](C)C1CC1)c1c(C#N)c2ccc(OC[C@H]3CCCO3)cc2n1C(C)C. The fraction of sp³-hybridized carbons (Fsp3) is 0.533. The van der Waals surface area contributed by atoms with E-state index in [4.69, 9.17) is 14.2 Å². The average Bonchev–Trinajstić information content (AvgIpc) is 3.50. The summed E-state index contributed by atoms with van der Waals surface area (Å²) in [6.45, 7) is 9.95. The number of aromatic nitrogens is 1. The van der Waals surface area contributed by atoms with Crippen molar-refractivity contribution >= 4 is 22.6 Å². The summed E-state index contributed by atoms with van der Waals surface area (Å²) in [5, 5.41) is 13.9. The van der Waals surface area contributed by atoms with Crippen molar-refractivity contribution in [2.45, 2.75) is 78.0 Å². The van der Waals surface area contributed by atoms with Crippen molar-refractivity contribution in [1.82, 2.24) is 9.88 Å². The van der Waals surface area contributed by atoms with Crippen LogP contribution in [0.2, 0.25) is 0 Å². The second kappa shape index (κ2) is 12.3. The van der Waals surface area contributed by atoms with Crippen LogP contribution in [0.25, 0.3) is 16.5 Å². The van der Waals surface area contributed by atoms with E-state index in [1.54, 1.807) is 0 Å². The molecule has 0 spiro atoms. The van der Waals surface area contributed by atoms with Crippen LogP contribution in [0.3, 0.4) is 0 Å². The molecule has 2 heterocycles. The summed E-state index contributed by atoms with van der Waals surface area (Å²) >= 11 is 0. The molecule has 1 aliphatic heterocycles. The Morgan fingerprint density at radius 1 is 1.30 bits per heavy atom. The van der Waals surface area contributed by atoms with Crippen LogP contribution < -0.4 is 10.1 Å². The molecule has 1 aromatic carbocycles. The molecule has 0 unspecified atom stereocenters. The van der Waals surface area contributed by atoms with Crippen LogP contribution in [0.1, 0.15) is 77.1 Å². The minimum absolute atomic E-state index is 0.0426. The minimum Gasteiger partial charge on any atom is -0.491 e. The van der Waals surface area contributed by atoms with Crippen LogP contribution >= 0.6 is 0 Å². The Labute approximate surface area is 220 Å². The molecule has 1 aromatic heterocycles. The molecule has 198 valence electrons. The van der Waals surface area contributed by atoms with Crippen molar-refractivity contribution in [3.63, 3.8) is 0 Å². The van der Waals surface area contributed by atoms with Gasteiger partial charge in [0.1, 0.15) is 24.5 Å². The normalized spacial score (nSPS) is 18.9. The molecule has 1 amide bonds. The first kappa shape index (κ1) is 26.8. The van der Waals surface area contributed by atoms with E-state index in [9.17, 15) is 10.1 Å². The highest BCUT2D eigenvalue weighted by Crippen LogP contribution is 2.36. The topological polar surface area (TPSA) is 85.5 Å². The predicted molar refractivity (Wildman–Crippen MR) is 146 cm³/mol. The van der Waals surface area contributed by atoms with Gasteiger partial charge in [0.15, 0.2) is 0 Å². The summed E-state index contributed by atoms with van der Waals surface area (Å²) in [7, 11) is 0. The number of hydrogen-bond donors (Lipinski definition) is 1. The number of fused-ring (bicyclic) bond motifs is 1. The van der Waals surface area contributed by atoms with Crippen molar-refractivity contribution in [3.05, 3.63) is 47.7 Å². The van der Waals surface area contributed by atoms with E-state index < -0.39 is 6.09 Å². The van der Waals surface area contributed by atoms with Gasteiger partial charge in [-0.2, -0.15) is 5.26 Å². The lowest BCUT2D eigenvalue weighted by Crippen LogP contribution is -2.28. The fourth-order valence-electron chi connectivity index (χ4n) is 4.94. The number of nitrogens with zero attached hydrogens (tertiary/aromatic N) is 2. The average molecular weight is 506 g/mol. The monoisotopic (exact) mass is 505 g/mol. The van der Waals surface area contributed by atoms with E-state index in [1.807, 2.05) is 37.3 Å². The molecule has 4 rings (SSSR count). The van der Waals surface area contributed by atoms with Gasteiger partial charge >= 0.3 is 6.09 Å². The Hall–Kier alpha value is -3.24. The minimum atomic E-state index is -0.394. The first-order valence-electron chi connectivity index (χ1n) is 13.6. The third-order valence-electron chi connectivity index (χ3n) is 7.00. The van der Waals surface area contributed by atoms with E-state index in [2.05, 4.69) is 42.8 Å². The molecular weight excluding hydrogens is 466 g/mol. The molecule has 0 radical (unpaired) electrons. The van der Waals surface area contributed by atoms with Gasteiger partial charge in [0, 0.05) is 30.6 Å². The summed E-state index contributed by atoms with van der Waals surface area (Å²) in [5.41, 5.74) is 3.45. The highest BCUT2D eigenvalue weighted by molar-refractivity contribution is 5.95. The van der Waals surface area contributed by atoms with E-state index in [1.165, 1.54) is 0 Å². The van der Waals surface area contributed by atoms with Crippen LogP contribution in [-0.4, -0.2) is 42.6 Å². The molecule has 37 heavy (non-hydrogen) atoms. The maximum absolute atomic E-state index is 12.1. The highest BCUT2D eigenvalue weighted by Gasteiger charge is 2.30. The Balaban J connectivity index is 1.56. The van der Waals surface area contributed by atoms with Gasteiger partial charge in [-0.15, -0.1) is 0 Å². The lowest BCUT2D eigenvalue weighted by molar-refractivity contribution is 0.0680. The van der Waals surface area contributed by atoms with Gasteiger partial charge in [0.2, 0.25) is 0 Å². The fourth-order valence-corrected chi connectivity index (χ4v) is 4.94. The molecule has 1 saturated heterocycles.